The van der Waals surface area contributed by atoms with Gasteiger partial charge < -0.3 is 25.2 Å². The van der Waals surface area contributed by atoms with Gasteiger partial charge in [0, 0.05) is 18.7 Å². The van der Waals surface area contributed by atoms with Crippen LogP contribution in [0.5, 0.6) is 5.75 Å². The largest absolute Gasteiger partial charge is 0.494 e. The molecule has 0 fully saturated rings. The number of alkyl carbamates (subject to hydrolysis) is 1. The molecule has 1 aliphatic heterocycles. The minimum atomic E-state index is -1.15. The van der Waals surface area contributed by atoms with E-state index in [1.807, 2.05) is 61.5 Å². The fourth-order valence-electron chi connectivity index (χ4n) is 3.21. The van der Waals surface area contributed by atoms with Gasteiger partial charge in [0.25, 0.3) is 0 Å². The van der Waals surface area contributed by atoms with Gasteiger partial charge in [-0.25, -0.2) is 20.0 Å². The Bertz CT molecular complexity index is 1020. The van der Waals surface area contributed by atoms with Crippen LogP contribution in [-0.4, -0.2) is 54.6 Å². The van der Waals surface area contributed by atoms with E-state index in [0.717, 1.165) is 42.8 Å². The van der Waals surface area contributed by atoms with Crippen LogP contribution in [0.15, 0.2) is 64.7 Å². The van der Waals surface area contributed by atoms with Crippen molar-refractivity contribution in [2.75, 3.05) is 19.7 Å². The van der Waals surface area contributed by atoms with Gasteiger partial charge in [-0.3, -0.25) is 0 Å². The second kappa shape index (κ2) is 13.6. The standard InChI is InChI=1S/C25H31N5O5/c1-18(29-30-24-26-14-15-27-24)7-8-19-9-11-21(12-10-19)34-16-13-22(23(31)32)28-25(33)35-17-20-5-3-2-4-6-20/h2-6,9-12,22H,7-8,13-17H2,1H3,(H,28,33)(H,31,32)(H2,26,27,30)/t22-/m0/s1. The van der Waals surface area contributed by atoms with E-state index in [1.165, 1.54) is 0 Å². The number of nitrogens with zero attached hydrogens (tertiary/aromatic N) is 2. The third kappa shape index (κ3) is 9.36. The lowest BCUT2D eigenvalue weighted by Gasteiger charge is -2.15. The molecule has 0 radical (unpaired) electrons. The van der Waals surface area contributed by atoms with Gasteiger partial charge in [0.15, 0.2) is 0 Å². The fraction of sp³-hybridized carbons (Fsp3) is 0.360. The van der Waals surface area contributed by atoms with Gasteiger partial charge in [0.2, 0.25) is 5.96 Å². The third-order valence-corrected chi connectivity index (χ3v) is 5.20. The summed E-state index contributed by atoms with van der Waals surface area (Å²) in [6, 6.07) is 15.7. The van der Waals surface area contributed by atoms with E-state index in [1.54, 1.807) is 0 Å². The summed E-state index contributed by atoms with van der Waals surface area (Å²) in [6.07, 6.45) is 0.938. The van der Waals surface area contributed by atoms with Gasteiger partial charge >= 0.3 is 12.1 Å². The zero-order valence-electron chi connectivity index (χ0n) is 19.7. The Hall–Kier alpha value is -4.08. The Balaban J connectivity index is 1.36. The quantitative estimate of drug-likeness (QED) is 0.271. The monoisotopic (exact) mass is 481 g/mol. The first kappa shape index (κ1) is 25.5. The molecule has 10 nitrogen and oxygen atoms in total. The number of guanidine groups is 1. The number of hydrogen-bond acceptors (Lipinski definition) is 8. The minimum absolute atomic E-state index is 0.0657. The Labute approximate surface area is 204 Å². The molecule has 35 heavy (non-hydrogen) atoms. The average molecular weight is 482 g/mol. The Kier molecular flexibility index (Phi) is 9.91. The summed E-state index contributed by atoms with van der Waals surface area (Å²) in [4.78, 5) is 27.7. The lowest BCUT2D eigenvalue weighted by Crippen LogP contribution is -2.42. The van der Waals surface area contributed by atoms with E-state index in [4.69, 9.17) is 9.47 Å². The molecule has 0 aliphatic carbocycles. The predicted octanol–water partition coefficient (Wildman–Crippen LogP) is 2.69. The number of aliphatic carboxylic acids is 1. The molecule has 1 heterocycles. The van der Waals surface area contributed by atoms with Crippen molar-refractivity contribution in [2.24, 2.45) is 10.1 Å². The maximum absolute atomic E-state index is 12.0. The second-order valence-electron chi connectivity index (χ2n) is 7.99. The number of benzene rings is 2. The molecule has 186 valence electrons. The molecular formula is C25H31N5O5. The van der Waals surface area contributed by atoms with Gasteiger partial charge in [0.1, 0.15) is 18.4 Å². The highest BCUT2D eigenvalue weighted by Crippen LogP contribution is 2.14. The Morgan fingerprint density at radius 3 is 2.60 bits per heavy atom. The van der Waals surface area contributed by atoms with Gasteiger partial charge in [-0.2, -0.15) is 5.10 Å². The molecule has 0 spiro atoms. The van der Waals surface area contributed by atoms with E-state index in [0.29, 0.717) is 11.7 Å². The summed E-state index contributed by atoms with van der Waals surface area (Å²) in [5.41, 5.74) is 5.84. The Morgan fingerprint density at radius 1 is 1.14 bits per heavy atom. The van der Waals surface area contributed by atoms with Crippen molar-refractivity contribution in [3.8, 4) is 5.75 Å². The van der Waals surface area contributed by atoms with E-state index < -0.39 is 18.1 Å². The van der Waals surface area contributed by atoms with Crippen LogP contribution in [0.2, 0.25) is 0 Å². The number of carboxylic acids is 1. The molecule has 0 saturated heterocycles. The second-order valence-corrected chi connectivity index (χ2v) is 7.99. The lowest BCUT2D eigenvalue weighted by atomic mass is 10.1. The number of carboxylic acid groups (broad SMARTS) is 1. The summed E-state index contributed by atoms with van der Waals surface area (Å²) in [6.45, 7) is 3.76. The number of carbonyl (C=O) groups is 2. The van der Waals surface area contributed by atoms with Crippen LogP contribution >= 0.6 is 0 Å². The molecule has 10 heteroatoms. The van der Waals surface area contributed by atoms with Crippen LogP contribution < -0.4 is 20.8 Å². The molecule has 1 atom stereocenters. The van der Waals surface area contributed by atoms with Crippen LogP contribution in [0.1, 0.15) is 30.9 Å². The maximum Gasteiger partial charge on any atom is 0.408 e. The maximum atomic E-state index is 12.0. The van der Waals surface area contributed by atoms with Crippen LogP contribution in [0.4, 0.5) is 4.79 Å². The van der Waals surface area contributed by atoms with E-state index in [-0.39, 0.29) is 19.6 Å². The van der Waals surface area contributed by atoms with Crippen LogP contribution in [0.25, 0.3) is 0 Å². The highest BCUT2D eigenvalue weighted by Gasteiger charge is 2.20. The first-order valence-electron chi connectivity index (χ1n) is 11.5. The van der Waals surface area contributed by atoms with Crippen molar-refractivity contribution in [3.05, 3.63) is 65.7 Å². The van der Waals surface area contributed by atoms with Crippen molar-refractivity contribution < 1.29 is 24.2 Å². The lowest BCUT2D eigenvalue weighted by molar-refractivity contribution is -0.139. The molecule has 0 bridgehead atoms. The topological polar surface area (TPSA) is 134 Å². The van der Waals surface area contributed by atoms with Crippen molar-refractivity contribution >= 4 is 23.7 Å². The fourth-order valence-corrected chi connectivity index (χ4v) is 3.21. The molecule has 2 aromatic carbocycles. The smallest absolute Gasteiger partial charge is 0.408 e. The van der Waals surface area contributed by atoms with E-state index in [9.17, 15) is 14.7 Å². The van der Waals surface area contributed by atoms with E-state index in [2.05, 4.69) is 26.2 Å². The number of rotatable bonds is 12. The SMILES string of the molecule is CC(CCc1ccc(OCC[C@H](NC(=O)OCc2ccccc2)C(=O)O)cc1)=NNC1=NCCN1. The third-order valence-electron chi connectivity index (χ3n) is 5.20. The number of hydrazone groups is 1. The van der Waals surface area contributed by atoms with Crippen LogP contribution in [0.3, 0.4) is 0 Å². The molecule has 0 aromatic heterocycles. The summed E-state index contributed by atoms with van der Waals surface area (Å²) >= 11 is 0. The van der Waals surface area contributed by atoms with Crippen molar-refractivity contribution in [1.82, 2.24) is 16.1 Å². The number of ether oxygens (including phenoxy) is 2. The normalized spacial score (nSPS) is 13.9. The molecule has 4 N–H and O–H groups in total. The highest BCUT2D eigenvalue weighted by atomic mass is 16.5. The zero-order chi connectivity index (χ0) is 24.9. The molecular weight excluding hydrogens is 450 g/mol. The zero-order valence-corrected chi connectivity index (χ0v) is 19.7. The molecule has 3 rings (SSSR count). The van der Waals surface area contributed by atoms with E-state index >= 15 is 0 Å². The van der Waals surface area contributed by atoms with Crippen LogP contribution in [-0.2, 0) is 22.6 Å². The van der Waals surface area contributed by atoms with Gasteiger partial charge in [-0.05, 0) is 43.0 Å². The molecule has 1 aliphatic rings. The number of nitrogens with one attached hydrogen (secondary N) is 3. The predicted molar refractivity (Wildman–Crippen MR) is 133 cm³/mol. The molecule has 1 amide bonds. The first-order chi connectivity index (χ1) is 17.0. The van der Waals surface area contributed by atoms with Crippen LogP contribution in [0, 0.1) is 0 Å². The van der Waals surface area contributed by atoms with Gasteiger partial charge in [-0.15, -0.1) is 0 Å². The van der Waals surface area contributed by atoms with Crippen molar-refractivity contribution in [3.63, 3.8) is 0 Å². The number of hydrogen-bond donors (Lipinski definition) is 4. The minimum Gasteiger partial charge on any atom is -0.494 e. The van der Waals surface area contributed by atoms with Crippen molar-refractivity contribution in [1.29, 1.82) is 0 Å². The number of amides is 1. The van der Waals surface area contributed by atoms with Gasteiger partial charge in [-0.1, -0.05) is 42.5 Å². The summed E-state index contributed by atoms with van der Waals surface area (Å²) in [5, 5.41) is 19.2. The average Bonchev–Trinajstić information content (AvgIpc) is 3.39. The highest BCUT2D eigenvalue weighted by molar-refractivity contribution is 5.86. The molecule has 2 aromatic rings. The molecule has 0 unspecified atom stereocenters. The van der Waals surface area contributed by atoms with Gasteiger partial charge in [0.05, 0.1) is 13.2 Å². The first-order valence-corrected chi connectivity index (χ1v) is 11.5. The number of carbonyl (C=O) groups excluding carboxylic acids is 1. The Morgan fingerprint density at radius 2 is 1.91 bits per heavy atom. The molecule has 0 saturated carbocycles. The summed E-state index contributed by atoms with van der Waals surface area (Å²) in [7, 11) is 0. The summed E-state index contributed by atoms with van der Waals surface area (Å²) in [5.74, 6) is 0.181. The number of aryl methyl sites for hydroxylation is 1. The summed E-state index contributed by atoms with van der Waals surface area (Å²) < 4.78 is 10.8. The number of aliphatic imine (C=N–C) groups is 1. The van der Waals surface area contributed by atoms with Crippen molar-refractivity contribution in [2.45, 2.75) is 38.8 Å².